The number of nitrogens with zero attached hydrogens (tertiary/aromatic N) is 2. The van der Waals surface area contributed by atoms with Crippen molar-refractivity contribution < 1.29 is 9.59 Å². The Bertz CT molecular complexity index is 933. The number of benzene rings is 1. The average Bonchev–Trinajstić information content (AvgIpc) is 3.36. The molecule has 0 bridgehead atoms. The Morgan fingerprint density at radius 1 is 1.22 bits per heavy atom. The minimum absolute atomic E-state index is 0.169. The largest absolute Gasteiger partial charge is 0.355 e. The van der Waals surface area contributed by atoms with Gasteiger partial charge in [0.05, 0.1) is 5.75 Å². The molecule has 0 spiro atoms. The van der Waals surface area contributed by atoms with E-state index in [1.807, 2.05) is 29.7 Å². The number of thioether (sulfide) groups is 1. The van der Waals surface area contributed by atoms with Crippen molar-refractivity contribution in [3.05, 3.63) is 58.0 Å². The zero-order valence-electron chi connectivity index (χ0n) is 14.4. The van der Waals surface area contributed by atoms with Gasteiger partial charge in [-0.25, -0.2) is 4.98 Å². The van der Waals surface area contributed by atoms with E-state index in [2.05, 4.69) is 25.8 Å². The summed E-state index contributed by atoms with van der Waals surface area (Å²) in [6.07, 6.45) is 3.80. The predicted octanol–water partition coefficient (Wildman–Crippen LogP) is 3.13. The molecule has 3 rings (SSSR count). The molecule has 0 aliphatic rings. The van der Waals surface area contributed by atoms with E-state index >= 15 is 0 Å². The van der Waals surface area contributed by atoms with Crippen LogP contribution in [0.2, 0.25) is 0 Å². The summed E-state index contributed by atoms with van der Waals surface area (Å²) in [6.45, 7) is 0. The molecular weight excluding hydrogens is 382 g/mol. The van der Waals surface area contributed by atoms with Crippen LogP contribution in [0.5, 0.6) is 0 Å². The molecule has 138 valence electrons. The Kier molecular flexibility index (Phi) is 6.39. The van der Waals surface area contributed by atoms with Crippen LogP contribution in [0.1, 0.15) is 21.1 Å². The van der Waals surface area contributed by atoms with E-state index in [4.69, 9.17) is 0 Å². The van der Waals surface area contributed by atoms with Gasteiger partial charge in [0.25, 0.3) is 5.91 Å². The van der Waals surface area contributed by atoms with E-state index < -0.39 is 0 Å². The molecule has 0 saturated heterocycles. The summed E-state index contributed by atoms with van der Waals surface area (Å²) in [7, 11) is 1.57. The lowest BCUT2D eigenvalue weighted by Gasteiger charge is -2.05. The fourth-order valence-corrected chi connectivity index (χ4v) is 3.34. The van der Waals surface area contributed by atoms with E-state index in [1.165, 1.54) is 11.8 Å². The molecule has 27 heavy (non-hydrogen) atoms. The van der Waals surface area contributed by atoms with Gasteiger partial charge in [0, 0.05) is 23.2 Å². The van der Waals surface area contributed by atoms with Gasteiger partial charge in [-0.3, -0.25) is 14.7 Å². The van der Waals surface area contributed by atoms with Gasteiger partial charge in [-0.05, 0) is 47.9 Å². The number of H-pyrrole nitrogens is 1. The van der Waals surface area contributed by atoms with E-state index in [9.17, 15) is 9.59 Å². The van der Waals surface area contributed by atoms with Crippen LogP contribution in [0.3, 0.4) is 0 Å². The van der Waals surface area contributed by atoms with Crippen LogP contribution in [0.4, 0.5) is 5.69 Å². The van der Waals surface area contributed by atoms with Crippen molar-refractivity contribution in [2.24, 2.45) is 0 Å². The summed E-state index contributed by atoms with van der Waals surface area (Å²) in [5, 5.41) is 14.8. The van der Waals surface area contributed by atoms with E-state index in [-0.39, 0.29) is 17.6 Å². The highest BCUT2D eigenvalue weighted by atomic mass is 32.2. The number of carbonyl (C=O) groups is 2. The molecule has 0 fully saturated rings. The van der Waals surface area contributed by atoms with E-state index in [0.717, 1.165) is 4.88 Å². The molecule has 0 radical (unpaired) electrons. The van der Waals surface area contributed by atoms with Crippen molar-refractivity contribution >= 4 is 52.8 Å². The maximum Gasteiger partial charge on any atom is 0.251 e. The molecule has 0 aliphatic carbocycles. The van der Waals surface area contributed by atoms with Crippen LogP contribution >= 0.6 is 23.1 Å². The second-order valence-electron chi connectivity index (χ2n) is 5.35. The van der Waals surface area contributed by atoms with Gasteiger partial charge < -0.3 is 10.6 Å². The van der Waals surface area contributed by atoms with Gasteiger partial charge in [-0.2, -0.15) is 0 Å². The van der Waals surface area contributed by atoms with Crippen LogP contribution in [-0.4, -0.2) is 39.8 Å². The van der Waals surface area contributed by atoms with Crippen molar-refractivity contribution in [2.75, 3.05) is 18.1 Å². The highest BCUT2D eigenvalue weighted by Crippen LogP contribution is 2.16. The van der Waals surface area contributed by atoms with Crippen LogP contribution < -0.4 is 10.6 Å². The first-order chi connectivity index (χ1) is 13.1. The first-order valence-corrected chi connectivity index (χ1v) is 9.89. The number of hydrogen-bond acceptors (Lipinski definition) is 6. The summed E-state index contributed by atoms with van der Waals surface area (Å²) in [6, 6.07) is 10.7. The van der Waals surface area contributed by atoms with Gasteiger partial charge in [-0.15, -0.1) is 16.4 Å². The number of thiophene rings is 1. The van der Waals surface area contributed by atoms with Crippen molar-refractivity contribution in [1.29, 1.82) is 0 Å². The number of carbonyl (C=O) groups excluding carboxylic acids is 2. The minimum atomic E-state index is -0.173. The number of nitrogens with one attached hydrogen (secondary N) is 3. The van der Waals surface area contributed by atoms with Gasteiger partial charge >= 0.3 is 0 Å². The lowest BCUT2D eigenvalue weighted by molar-refractivity contribution is -0.113. The number of aromatic amines is 1. The molecule has 0 unspecified atom stereocenters. The third-order valence-corrected chi connectivity index (χ3v) is 5.11. The fraction of sp³-hybridized carbons (Fsp3) is 0.111. The molecule has 3 N–H and O–H groups in total. The summed E-state index contributed by atoms with van der Waals surface area (Å²) in [5.41, 5.74) is 1.16. The molecule has 2 amide bonds. The first-order valence-electron chi connectivity index (χ1n) is 8.03. The van der Waals surface area contributed by atoms with Crippen LogP contribution in [0.15, 0.2) is 46.9 Å². The molecule has 0 saturated carbocycles. The third-order valence-electron chi connectivity index (χ3n) is 3.42. The predicted molar refractivity (Wildman–Crippen MR) is 109 cm³/mol. The standard InChI is InChI=1S/C18H17N5O2S2/c1-19-17(25)12-4-6-13(7-5-12)20-16(24)11-27-18-21-15(22-23-18)9-8-14-3-2-10-26-14/h2-10H,11H2,1H3,(H,19,25)(H,20,24)(H,21,22,23)/b9-8+. The smallest absolute Gasteiger partial charge is 0.251 e. The maximum absolute atomic E-state index is 12.1. The van der Waals surface area contributed by atoms with Crippen molar-refractivity contribution in [3.63, 3.8) is 0 Å². The second-order valence-corrected chi connectivity index (χ2v) is 7.27. The Hall–Kier alpha value is -2.91. The molecule has 7 nitrogen and oxygen atoms in total. The van der Waals surface area contributed by atoms with Crippen LogP contribution in [0, 0.1) is 0 Å². The quantitative estimate of drug-likeness (QED) is 0.530. The summed E-state index contributed by atoms with van der Waals surface area (Å²) in [4.78, 5) is 29.0. The minimum Gasteiger partial charge on any atom is -0.355 e. The number of aromatic nitrogens is 3. The zero-order valence-corrected chi connectivity index (χ0v) is 16.1. The molecular formula is C18H17N5O2S2. The second kappa shape index (κ2) is 9.15. The summed E-state index contributed by atoms with van der Waals surface area (Å²) in [5.74, 6) is 0.476. The topological polar surface area (TPSA) is 99.8 Å². The Morgan fingerprint density at radius 2 is 2.04 bits per heavy atom. The number of rotatable bonds is 7. The number of hydrogen-bond donors (Lipinski definition) is 3. The highest BCUT2D eigenvalue weighted by molar-refractivity contribution is 7.99. The zero-order chi connectivity index (χ0) is 19.1. The number of anilines is 1. The average molecular weight is 400 g/mol. The first kappa shape index (κ1) is 18.9. The van der Waals surface area contributed by atoms with Gasteiger partial charge in [0.1, 0.15) is 5.82 Å². The van der Waals surface area contributed by atoms with Crippen LogP contribution in [-0.2, 0) is 4.79 Å². The van der Waals surface area contributed by atoms with Crippen molar-refractivity contribution in [3.8, 4) is 0 Å². The molecule has 0 atom stereocenters. The maximum atomic E-state index is 12.1. The Balaban J connectivity index is 1.48. The van der Waals surface area contributed by atoms with Gasteiger partial charge in [0.2, 0.25) is 11.1 Å². The summed E-state index contributed by atoms with van der Waals surface area (Å²) >= 11 is 2.88. The Labute approximate surface area is 164 Å². The molecule has 2 aromatic heterocycles. The van der Waals surface area contributed by atoms with Gasteiger partial charge in [-0.1, -0.05) is 17.8 Å². The molecule has 9 heteroatoms. The molecule has 1 aromatic carbocycles. The fourth-order valence-electron chi connectivity index (χ4n) is 2.12. The molecule has 2 heterocycles. The van der Waals surface area contributed by atoms with Crippen LogP contribution in [0.25, 0.3) is 12.2 Å². The van der Waals surface area contributed by atoms with E-state index in [0.29, 0.717) is 22.2 Å². The van der Waals surface area contributed by atoms with Crippen molar-refractivity contribution in [2.45, 2.75) is 5.16 Å². The summed E-state index contributed by atoms with van der Waals surface area (Å²) < 4.78 is 0. The highest BCUT2D eigenvalue weighted by Gasteiger charge is 2.08. The SMILES string of the molecule is CNC(=O)c1ccc(NC(=O)CSc2n[nH]c(/C=C/c3cccs3)n2)cc1. The molecule has 0 aliphatic heterocycles. The van der Waals surface area contributed by atoms with E-state index in [1.54, 1.807) is 42.6 Å². The van der Waals surface area contributed by atoms with Crippen molar-refractivity contribution in [1.82, 2.24) is 20.5 Å². The normalized spacial score (nSPS) is 10.9. The van der Waals surface area contributed by atoms with Gasteiger partial charge in [0.15, 0.2) is 0 Å². The number of amides is 2. The third kappa shape index (κ3) is 5.53. The lowest BCUT2D eigenvalue weighted by atomic mass is 10.2. The lowest BCUT2D eigenvalue weighted by Crippen LogP contribution is -2.18. The molecule has 3 aromatic rings. The monoisotopic (exact) mass is 399 g/mol. The Morgan fingerprint density at radius 3 is 2.74 bits per heavy atom.